The van der Waals surface area contributed by atoms with Crippen molar-refractivity contribution in [1.82, 2.24) is 0 Å². The fourth-order valence-electron chi connectivity index (χ4n) is 0.975. The van der Waals surface area contributed by atoms with E-state index >= 15 is 0 Å². The lowest BCUT2D eigenvalue weighted by atomic mass is 10.2. The standard InChI is InChI=1S/C11H8Cl2O4/c12-8-2-1-7(9(13)5-8)6-17-11(16)4-3-10(14)15/h1-5H,6H2,(H,14,15). The Morgan fingerprint density at radius 1 is 1.29 bits per heavy atom. The van der Waals surface area contributed by atoms with Crippen LogP contribution in [0.5, 0.6) is 0 Å². The fraction of sp³-hybridized carbons (Fsp3) is 0.0909. The zero-order valence-electron chi connectivity index (χ0n) is 8.52. The van der Waals surface area contributed by atoms with E-state index < -0.39 is 11.9 Å². The van der Waals surface area contributed by atoms with Gasteiger partial charge in [-0.25, -0.2) is 9.59 Å². The molecule has 0 spiro atoms. The Morgan fingerprint density at radius 3 is 2.59 bits per heavy atom. The van der Waals surface area contributed by atoms with Crippen LogP contribution in [0.2, 0.25) is 10.0 Å². The van der Waals surface area contributed by atoms with Crippen LogP contribution in [0, 0.1) is 0 Å². The number of carboxylic acid groups (broad SMARTS) is 1. The average molecular weight is 275 g/mol. The number of carbonyl (C=O) groups is 2. The van der Waals surface area contributed by atoms with E-state index in [1.165, 1.54) is 6.07 Å². The van der Waals surface area contributed by atoms with Gasteiger partial charge in [0.2, 0.25) is 0 Å². The highest BCUT2D eigenvalue weighted by molar-refractivity contribution is 6.35. The molecule has 0 saturated heterocycles. The Balaban J connectivity index is 2.56. The van der Waals surface area contributed by atoms with Crippen molar-refractivity contribution in [2.45, 2.75) is 6.61 Å². The van der Waals surface area contributed by atoms with Gasteiger partial charge in [-0.3, -0.25) is 0 Å². The van der Waals surface area contributed by atoms with Crippen LogP contribution in [0.15, 0.2) is 30.4 Å². The number of hydrogen-bond donors (Lipinski definition) is 1. The van der Waals surface area contributed by atoms with Crippen LogP contribution in [0.1, 0.15) is 5.56 Å². The van der Waals surface area contributed by atoms with Gasteiger partial charge in [-0.2, -0.15) is 0 Å². The van der Waals surface area contributed by atoms with Crippen LogP contribution < -0.4 is 0 Å². The van der Waals surface area contributed by atoms with Crippen LogP contribution >= 0.6 is 23.2 Å². The smallest absolute Gasteiger partial charge is 0.331 e. The van der Waals surface area contributed by atoms with Gasteiger partial charge in [-0.15, -0.1) is 0 Å². The maximum atomic E-state index is 11.1. The van der Waals surface area contributed by atoms with Crippen molar-refractivity contribution in [2.24, 2.45) is 0 Å². The lowest BCUT2D eigenvalue weighted by Crippen LogP contribution is -2.02. The number of halogens is 2. The summed E-state index contributed by atoms with van der Waals surface area (Å²) in [5.74, 6) is -1.97. The highest BCUT2D eigenvalue weighted by atomic mass is 35.5. The average Bonchev–Trinajstić information content (AvgIpc) is 2.25. The molecule has 0 aliphatic rings. The number of carboxylic acids is 1. The normalized spacial score (nSPS) is 10.5. The molecule has 0 bridgehead atoms. The van der Waals surface area contributed by atoms with Crippen LogP contribution in [-0.2, 0) is 20.9 Å². The van der Waals surface area contributed by atoms with Crippen molar-refractivity contribution in [3.8, 4) is 0 Å². The molecule has 1 aromatic carbocycles. The van der Waals surface area contributed by atoms with Crippen molar-refractivity contribution in [3.63, 3.8) is 0 Å². The summed E-state index contributed by atoms with van der Waals surface area (Å²) >= 11 is 11.5. The molecule has 0 unspecified atom stereocenters. The number of rotatable bonds is 4. The molecule has 0 aliphatic carbocycles. The zero-order chi connectivity index (χ0) is 12.8. The van der Waals surface area contributed by atoms with E-state index in [-0.39, 0.29) is 6.61 Å². The van der Waals surface area contributed by atoms with E-state index in [4.69, 9.17) is 33.0 Å². The largest absolute Gasteiger partial charge is 0.478 e. The lowest BCUT2D eigenvalue weighted by Gasteiger charge is -2.04. The van der Waals surface area contributed by atoms with E-state index in [9.17, 15) is 9.59 Å². The second kappa shape index (κ2) is 6.27. The van der Waals surface area contributed by atoms with Gasteiger partial charge < -0.3 is 9.84 Å². The summed E-state index contributed by atoms with van der Waals surface area (Å²) in [4.78, 5) is 21.2. The lowest BCUT2D eigenvalue weighted by molar-refractivity contribution is -0.139. The van der Waals surface area contributed by atoms with Gasteiger partial charge in [0.15, 0.2) is 0 Å². The van der Waals surface area contributed by atoms with Gasteiger partial charge in [0.25, 0.3) is 0 Å². The van der Waals surface area contributed by atoms with Crippen LogP contribution in [0.25, 0.3) is 0 Å². The third-order valence-electron chi connectivity index (χ3n) is 1.75. The van der Waals surface area contributed by atoms with Crippen molar-refractivity contribution < 1.29 is 19.4 Å². The highest BCUT2D eigenvalue weighted by Gasteiger charge is 2.04. The Labute approximate surface area is 107 Å². The summed E-state index contributed by atoms with van der Waals surface area (Å²) in [5.41, 5.74) is 0.591. The molecule has 90 valence electrons. The molecule has 4 nitrogen and oxygen atoms in total. The van der Waals surface area contributed by atoms with Crippen LogP contribution in [0.3, 0.4) is 0 Å². The fourth-order valence-corrected chi connectivity index (χ4v) is 1.44. The molecule has 0 radical (unpaired) electrons. The predicted molar refractivity (Wildman–Crippen MR) is 63.0 cm³/mol. The second-order valence-electron chi connectivity index (χ2n) is 3.02. The molecule has 1 rings (SSSR count). The first-order chi connectivity index (χ1) is 7.99. The van der Waals surface area contributed by atoms with Crippen LogP contribution in [0.4, 0.5) is 0 Å². The molecular formula is C11H8Cl2O4. The van der Waals surface area contributed by atoms with Crippen molar-refractivity contribution in [3.05, 3.63) is 46.0 Å². The summed E-state index contributed by atoms with van der Waals surface area (Å²) in [6, 6.07) is 4.77. The van der Waals surface area contributed by atoms with E-state index in [0.717, 1.165) is 6.08 Å². The maximum absolute atomic E-state index is 11.1. The quantitative estimate of drug-likeness (QED) is 0.677. The third-order valence-corrected chi connectivity index (χ3v) is 2.33. The SMILES string of the molecule is O=C(O)C=CC(=O)OCc1ccc(Cl)cc1Cl. The Hall–Kier alpha value is -1.52. The topological polar surface area (TPSA) is 63.6 Å². The molecule has 17 heavy (non-hydrogen) atoms. The van der Waals surface area contributed by atoms with Crippen molar-refractivity contribution in [1.29, 1.82) is 0 Å². The number of benzene rings is 1. The van der Waals surface area contributed by atoms with Gasteiger partial charge in [0, 0.05) is 27.8 Å². The first-order valence-electron chi connectivity index (χ1n) is 4.50. The van der Waals surface area contributed by atoms with Gasteiger partial charge in [-0.05, 0) is 12.1 Å². The van der Waals surface area contributed by atoms with Crippen LogP contribution in [-0.4, -0.2) is 17.0 Å². The molecular weight excluding hydrogens is 267 g/mol. The first-order valence-corrected chi connectivity index (χ1v) is 5.26. The monoisotopic (exact) mass is 274 g/mol. The summed E-state index contributed by atoms with van der Waals surface area (Å²) in [5, 5.41) is 9.16. The van der Waals surface area contributed by atoms with Gasteiger partial charge in [-0.1, -0.05) is 29.3 Å². The van der Waals surface area contributed by atoms with E-state index in [0.29, 0.717) is 21.7 Å². The van der Waals surface area contributed by atoms with Gasteiger partial charge >= 0.3 is 11.9 Å². The van der Waals surface area contributed by atoms with Crippen molar-refractivity contribution >= 4 is 35.1 Å². The number of hydrogen-bond acceptors (Lipinski definition) is 3. The minimum atomic E-state index is -1.22. The molecule has 1 aromatic rings. The Morgan fingerprint density at radius 2 is 2.00 bits per heavy atom. The second-order valence-corrected chi connectivity index (χ2v) is 3.86. The van der Waals surface area contributed by atoms with E-state index in [1.807, 2.05) is 0 Å². The summed E-state index contributed by atoms with van der Waals surface area (Å²) in [6.45, 7) is -0.0429. The van der Waals surface area contributed by atoms with E-state index in [1.54, 1.807) is 12.1 Å². The maximum Gasteiger partial charge on any atom is 0.331 e. The summed E-state index contributed by atoms with van der Waals surface area (Å²) < 4.78 is 4.78. The molecule has 1 N–H and O–H groups in total. The minimum Gasteiger partial charge on any atom is -0.478 e. The van der Waals surface area contributed by atoms with Gasteiger partial charge in [0.05, 0.1) is 0 Å². The Kier molecular flexibility index (Phi) is 5.00. The zero-order valence-corrected chi connectivity index (χ0v) is 10.0. The summed E-state index contributed by atoms with van der Waals surface area (Å²) in [7, 11) is 0. The molecule has 0 aliphatic heterocycles. The molecule has 0 saturated carbocycles. The predicted octanol–water partition coefficient (Wildman–Crippen LogP) is 2.68. The van der Waals surface area contributed by atoms with Gasteiger partial charge in [0.1, 0.15) is 6.61 Å². The summed E-state index contributed by atoms with van der Waals surface area (Å²) in [6.07, 6.45) is 1.53. The number of aliphatic carboxylic acids is 1. The molecule has 0 amide bonds. The Bertz CT molecular complexity index is 469. The molecule has 0 aromatic heterocycles. The number of esters is 1. The molecule has 0 heterocycles. The molecule has 6 heteroatoms. The van der Waals surface area contributed by atoms with Crippen molar-refractivity contribution in [2.75, 3.05) is 0 Å². The highest BCUT2D eigenvalue weighted by Crippen LogP contribution is 2.21. The molecule has 0 fully saturated rings. The third kappa shape index (κ3) is 4.89. The molecule has 0 atom stereocenters. The minimum absolute atomic E-state index is 0.0429. The number of carbonyl (C=O) groups excluding carboxylic acids is 1. The first kappa shape index (κ1) is 13.5. The van der Waals surface area contributed by atoms with E-state index in [2.05, 4.69) is 0 Å². The number of ether oxygens (including phenoxy) is 1.